The van der Waals surface area contributed by atoms with Gasteiger partial charge in [0, 0.05) is 0 Å². The largest absolute Gasteiger partial charge is 0.494 e. The third-order valence-electron chi connectivity index (χ3n) is 5.54. The molecule has 0 heterocycles. The summed E-state index contributed by atoms with van der Waals surface area (Å²) in [6.07, 6.45) is 6.02. The maximum absolute atomic E-state index is 12.5. The van der Waals surface area contributed by atoms with E-state index in [4.69, 9.17) is 9.47 Å². The number of carbonyl (C=O) groups is 1. The third kappa shape index (κ3) is 6.84. The molecule has 32 heavy (non-hydrogen) atoms. The van der Waals surface area contributed by atoms with Gasteiger partial charge < -0.3 is 9.47 Å². The summed E-state index contributed by atoms with van der Waals surface area (Å²) < 4.78 is 11.2. The number of hydrogen-bond donors (Lipinski definition) is 0. The second kappa shape index (κ2) is 11.9. The van der Waals surface area contributed by atoms with Crippen molar-refractivity contribution in [3.63, 3.8) is 0 Å². The van der Waals surface area contributed by atoms with Crippen molar-refractivity contribution in [2.45, 2.75) is 39.5 Å². The van der Waals surface area contributed by atoms with Gasteiger partial charge in [0.1, 0.15) is 11.5 Å². The second-order valence-electron chi connectivity index (χ2n) is 8.13. The number of allylic oxidation sites excluding steroid dienone is 1. The van der Waals surface area contributed by atoms with Gasteiger partial charge in [-0.2, -0.15) is 0 Å². The summed E-state index contributed by atoms with van der Waals surface area (Å²) in [4.78, 5) is 12.5. The van der Waals surface area contributed by atoms with Crippen molar-refractivity contribution in [1.29, 1.82) is 0 Å². The minimum absolute atomic E-state index is 0.375. The highest BCUT2D eigenvalue weighted by Crippen LogP contribution is 2.23. The van der Waals surface area contributed by atoms with E-state index >= 15 is 0 Å². The van der Waals surface area contributed by atoms with Crippen LogP contribution in [0, 0.1) is 5.92 Å². The lowest BCUT2D eigenvalue weighted by Gasteiger charge is -2.10. The Morgan fingerprint density at radius 1 is 0.906 bits per heavy atom. The van der Waals surface area contributed by atoms with Gasteiger partial charge in [-0.3, -0.25) is 0 Å². The van der Waals surface area contributed by atoms with Crippen LogP contribution >= 0.6 is 0 Å². The summed E-state index contributed by atoms with van der Waals surface area (Å²) in [7, 11) is 0. The minimum Gasteiger partial charge on any atom is -0.494 e. The predicted molar refractivity (Wildman–Crippen MR) is 131 cm³/mol. The summed E-state index contributed by atoms with van der Waals surface area (Å²) in [5, 5.41) is 0. The fourth-order valence-electron chi connectivity index (χ4n) is 3.37. The first-order chi connectivity index (χ1) is 15.6. The van der Waals surface area contributed by atoms with E-state index in [0.717, 1.165) is 36.1 Å². The van der Waals surface area contributed by atoms with E-state index in [1.807, 2.05) is 42.5 Å². The molecule has 0 fully saturated rings. The van der Waals surface area contributed by atoms with Crippen molar-refractivity contribution in [2.75, 3.05) is 6.61 Å². The van der Waals surface area contributed by atoms with Gasteiger partial charge >= 0.3 is 5.97 Å². The Morgan fingerprint density at radius 3 is 2.09 bits per heavy atom. The van der Waals surface area contributed by atoms with E-state index in [0.29, 0.717) is 23.8 Å². The lowest BCUT2D eigenvalue weighted by atomic mass is 9.96. The van der Waals surface area contributed by atoms with Crippen LogP contribution in [0.5, 0.6) is 11.5 Å². The van der Waals surface area contributed by atoms with Crippen molar-refractivity contribution < 1.29 is 14.3 Å². The fraction of sp³-hybridized carbons (Fsp3) is 0.276. The van der Waals surface area contributed by atoms with E-state index in [1.165, 1.54) is 12.0 Å². The first kappa shape index (κ1) is 23.3. The van der Waals surface area contributed by atoms with Gasteiger partial charge in [0.15, 0.2) is 0 Å². The zero-order chi connectivity index (χ0) is 22.8. The molecule has 0 bridgehead atoms. The van der Waals surface area contributed by atoms with E-state index < -0.39 is 0 Å². The van der Waals surface area contributed by atoms with Crippen molar-refractivity contribution >= 4 is 5.97 Å². The molecule has 0 aliphatic rings. The molecule has 0 N–H and O–H groups in total. The highest BCUT2D eigenvalue weighted by Gasteiger charge is 2.10. The zero-order valence-electron chi connectivity index (χ0n) is 19.1. The van der Waals surface area contributed by atoms with Crippen molar-refractivity contribution in [3.05, 3.63) is 96.6 Å². The highest BCUT2D eigenvalue weighted by atomic mass is 16.5. The zero-order valence-corrected chi connectivity index (χ0v) is 19.1. The Labute approximate surface area is 191 Å². The van der Waals surface area contributed by atoms with Gasteiger partial charge in [-0.1, -0.05) is 62.7 Å². The predicted octanol–water partition coefficient (Wildman–Crippen LogP) is 7.51. The number of benzene rings is 3. The number of ether oxygens (including phenoxy) is 2. The summed E-state index contributed by atoms with van der Waals surface area (Å²) in [6.45, 7) is 8.84. The van der Waals surface area contributed by atoms with Crippen LogP contribution in [-0.2, 0) is 6.42 Å². The average Bonchev–Trinajstić information content (AvgIpc) is 2.83. The number of esters is 1. The van der Waals surface area contributed by atoms with Crippen molar-refractivity contribution in [1.82, 2.24) is 0 Å². The number of rotatable bonds is 11. The van der Waals surface area contributed by atoms with Crippen molar-refractivity contribution in [3.8, 4) is 22.6 Å². The Kier molecular flexibility index (Phi) is 8.68. The lowest BCUT2D eigenvalue weighted by Crippen LogP contribution is -2.08. The molecule has 0 radical (unpaired) electrons. The van der Waals surface area contributed by atoms with Crippen LogP contribution in [0.4, 0.5) is 0 Å². The Morgan fingerprint density at radius 2 is 1.50 bits per heavy atom. The highest BCUT2D eigenvalue weighted by molar-refractivity contribution is 5.91. The molecule has 0 aliphatic heterocycles. The molecule has 1 unspecified atom stereocenters. The molecule has 0 saturated carbocycles. The molecule has 0 spiro atoms. The van der Waals surface area contributed by atoms with E-state index in [2.05, 4.69) is 44.7 Å². The van der Waals surface area contributed by atoms with Crippen LogP contribution < -0.4 is 9.47 Å². The Hall–Kier alpha value is -3.33. The molecule has 3 aromatic carbocycles. The molecule has 3 nitrogen and oxygen atoms in total. The van der Waals surface area contributed by atoms with Gasteiger partial charge in [-0.15, -0.1) is 6.58 Å². The van der Waals surface area contributed by atoms with Crippen LogP contribution in [0.15, 0.2) is 85.5 Å². The van der Waals surface area contributed by atoms with Crippen LogP contribution in [-0.4, -0.2) is 12.6 Å². The Balaban J connectivity index is 1.56. The van der Waals surface area contributed by atoms with E-state index in [9.17, 15) is 4.79 Å². The summed E-state index contributed by atoms with van der Waals surface area (Å²) in [5.74, 6) is 1.57. The molecule has 3 heteroatoms. The number of hydrogen-bond acceptors (Lipinski definition) is 3. The molecule has 0 amide bonds. The SMILES string of the molecule is C=CCCCOc1ccc(OC(=O)c2ccc(-c3ccc(CC(C)CC)cc3)cc2)cc1. The summed E-state index contributed by atoms with van der Waals surface area (Å²) >= 11 is 0. The molecular weight excluding hydrogens is 396 g/mol. The lowest BCUT2D eigenvalue weighted by molar-refractivity contribution is 0.0734. The van der Waals surface area contributed by atoms with Gasteiger partial charge in [-0.05, 0) is 78.3 Å². The molecular formula is C29H32O3. The maximum Gasteiger partial charge on any atom is 0.343 e. The normalized spacial score (nSPS) is 11.6. The topological polar surface area (TPSA) is 35.5 Å². The van der Waals surface area contributed by atoms with Gasteiger partial charge in [-0.25, -0.2) is 4.79 Å². The number of unbranched alkanes of at least 4 members (excludes halogenated alkanes) is 1. The summed E-state index contributed by atoms with van der Waals surface area (Å²) in [6, 6.07) is 23.3. The monoisotopic (exact) mass is 428 g/mol. The van der Waals surface area contributed by atoms with E-state index in [1.54, 1.807) is 12.1 Å². The van der Waals surface area contributed by atoms with Crippen LogP contribution in [0.3, 0.4) is 0 Å². The minimum atomic E-state index is -0.375. The molecule has 166 valence electrons. The molecule has 0 saturated heterocycles. The quantitative estimate of drug-likeness (QED) is 0.137. The molecule has 0 aromatic heterocycles. The number of carbonyl (C=O) groups excluding carboxylic acids is 1. The molecule has 3 aromatic rings. The average molecular weight is 429 g/mol. The Bertz CT molecular complexity index is 986. The van der Waals surface area contributed by atoms with Crippen molar-refractivity contribution in [2.24, 2.45) is 5.92 Å². The van der Waals surface area contributed by atoms with Gasteiger partial charge in [0.05, 0.1) is 12.2 Å². The molecule has 0 aliphatic carbocycles. The van der Waals surface area contributed by atoms with E-state index in [-0.39, 0.29) is 5.97 Å². The molecule has 1 atom stereocenters. The van der Waals surface area contributed by atoms with Crippen LogP contribution in [0.1, 0.15) is 49.0 Å². The van der Waals surface area contributed by atoms with Crippen LogP contribution in [0.2, 0.25) is 0 Å². The second-order valence-corrected chi connectivity index (χ2v) is 8.13. The third-order valence-corrected chi connectivity index (χ3v) is 5.54. The summed E-state index contributed by atoms with van der Waals surface area (Å²) in [5.41, 5.74) is 4.10. The first-order valence-corrected chi connectivity index (χ1v) is 11.3. The maximum atomic E-state index is 12.5. The van der Waals surface area contributed by atoms with Gasteiger partial charge in [0.2, 0.25) is 0 Å². The van der Waals surface area contributed by atoms with Crippen LogP contribution in [0.25, 0.3) is 11.1 Å². The standard InChI is InChI=1S/C29H32O3/c1-4-6-7-20-31-27-16-18-28(19-17-27)32-29(30)26-14-12-25(13-15-26)24-10-8-23(9-11-24)21-22(3)5-2/h4,8-19,22H,1,5-7,20-21H2,2-3H3. The smallest absolute Gasteiger partial charge is 0.343 e. The fourth-order valence-corrected chi connectivity index (χ4v) is 3.37. The first-order valence-electron chi connectivity index (χ1n) is 11.3. The van der Waals surface area contributed by atoms with Gasteiger partial charge in [0.25, 0.3) is 0 Å². The molecule has 3 rings (SSSR count).